The number of allylic oxidation sites excluding steroid dienone is 1. The molecule has 0 saturated heterocycles. The van der Waals surface area contributed by atoms with E-state index in [1.54, 1.807) is 7.11 Å². The summed E-state index contributed by atoms with van der Waals surface area (Å²) >= 11 is 0. The predicted molar refractivity (Wildman–Crippen MR) is 44.2 cm³/mol. The minimum atomic E-state index is 0.310. The molecule has 1 unspecified atom stereocenters. The van der Waals surface area contributed by atoms with Gasteiger partial charge in [-0.25, -0.2) is 0 Å². The van der Waals surface area contributed by atoms with E-state index in [1.807, 2.05) is 19.9 Å². The highest BCUT2D eigenvalue weighted by Gasteiger charge is 1.94. The molecular formula is C8H17NO. The van der Waals surface area contributed by atoms with E-state index in [1.165, 1.54) is 0 Å². The third-order valence-electron chi connectivity index (χ3n) is 1.33. The number of methoxy groups -OCH3 is 1. The molecule has 1 atom stereocenters. The SMILES string of the molecule is C/C=C/CNCC(C)OC. The van der Waals surface area contributed by atoms with Crippen molar-refractivity contribution in [2.45, 2.75) is 20.0 Å². The molecule has 0 aliphatic heterocycles. The second-order valence-electron chi connectivity index (χ2n) is 2.27. The smallest absolute Gasteiger partial charge is 0.0667 e. The van der Waals surface area contributed by atoms with E-state index >= 15 is 0 Å². The van der Waals surface area contributed by atoms with Crippen molar-refractivity contribution >= 4 is 0 Å². The van der Waals surface area contributed by atoms with Gasteiger partial charge in [-0.15, -0.1) is 0 Å². The molecule has 0 aliphatic rings. The molecule has 0 amide bonds. The summed E-state index contributed by atoms with van der Waals surface area (Å²) in [5, 5.41) is 3.23. The first-order valence-electron chi connectivity index (χ1n) is 3.66. The van der Waals surface area contributed by atoms with E-state index in [4.69, 9.17) is 4.74 Å². The third kappa shape index (κ3) is 5.79. The van der Waals surface area contributed by atoms with Gasteiger partial charge in [-0.05, 0) is 13.8 Å². The maximum Gasteiger partial charge on any atom is 0.0667 e. The van der Waals surface area contributed by atoms with E-state index in [0.717, 1.165) is 13.1 Å². The van der Waals surface area contributed by atoms with Gasteiger partial charge in [0.05, 0.1) is 6.10 Å². The van der Waals surface area contributed by atoms with Crippen molar-refractivity contribution < 1.29 is 4.74 Å². The molecule has 0 aromatic rings. The van der Waals surface area contributed by atoms with Gasteiger partial charge >= 0.3 is 0 Å². The van der Waals surface area contributed by atoms with Crippen molar-refractivity contribution in [3.8, 4) is 0 Å². The molecule has 1 N–H and O–H groups in total. The van der Waals surface area contributed by atoms with Gasteiger partial charge in [0.15, 0.2) is 0 Å². The van der Waals surface area contributed by atoms with Gasteiger partial charge in [0.2, 0.25) is 0 Å². The Bertz CT molecular complexity index is 91.3. The summed E-state index contributed by atoms with van der Waals surface area (Å²) in [6.07, 6.45) is 4.43. The topological polar surface area (TPSA) is 21.3 Å². The summed E-state index contributed by atoms with van der Waals surface area (Å²) in [6, 6.07) is 0. The maximum absolute atomic E-state index is 5.04. The van der Waals surface area contributed by atoms with Gasteiger partial charge in [-0.1, -0.05) is 12.2 Å². The van der Waals surface area contributed by atoms with Crippen molar-refractivity contribution in [1.29, 1.82) is 0 Å². The van der Waals surface area contributed by atoms with Crippen molar-refractivity contribution in [3.05, 3.63) is 12.2 Å². The summed E-state index contributed by atoms with van der Waals surface area (Å²) in [4.78, 5) is 0. The molecule has 10 heavy (non-hydrogen) atoms. The fourth-order valence-electron chi connectivity index (χ4n) is 0.571. The van der Waals surface area contributed by atoms with Crippen LogP contribution >= 0.6 is 0 Å². The van der Waals surface area contributed by atoms with Crippen LogP contribution in [0.2, 0.25) is 0 Å². The van der Waals surface area contributed by atoms with Crippen LogP contribution in [0.4, 0.5) is 0 Å². The second kappa shape index (κ2) is 6.78. The zero-order chi connectivity index (χ0) is 7.82. The Morgan fingerprint density at radius 2 is 2.30 bits per heavy atom. The van der Waals surface area contributed by atoms with Crippen molar-refractivity contribution in [2.75, 3.05) is 20.2 Å². The molecule has 0 fully saturated rings. The fraction of sp³-hybridized carbons (Fsp3) is 0.750. The molecular weight excluding hydrogens is 126 g/mol. The Morgan fingerprint density at radius 3 is 2.80 bits per heavy atom. The van der Waals surface area contributed by atoms with Crippen LogP contribution < -0.4 is 5.32 Å². The Labute approximate surface area is 63.3 Å². The number of nitrogens with one attached hydrogen (secondary N) is 1. The average molecular weight is 143 g/mol. The van der Waals surface area contributed by atoms with Crippen molar-refractivity contribution in [3.63, 3.8) is 0 Å². The highest BCUT2D eigenvalue weighted by Crippen LogP contribution is 1.82. The molecule has 0 aromatic heterocycles. The lowest BCUT2D eigenvalue weighted by Gasteiger charge is -2.08. The van der Waals surface area contributed by atoms with Gasteiger partial charge in [-0.2, -0.15) is 0 Å². The Balaban J connectivity index is 3.03. The second-order valence-corrected chi connectivity index (χ2v) is 2.27. The van der Waals surface area contributed by atoms with Gasteiger partial charge in [0.1, 0.15) is 0 Å². The minimum Gasteiger partial charge on any atom is -0.380 e. The first kappa shape index (κ1) is 9.66. The largest absolute Gasteiger partial charge is 0.380 e. The Hall–Kier alpha value is -0.340. The van der Waals surface area contributed by atoms with Crippen LogP contribution in [0, 0.1) is 0 Å². The number of rotatable bonds is 5. The molecule has 0 radical (unpaired) electrons. The Morgan fingerprint density at radius 1 is 1.60 bits per heavy atom. The molecule has 0 saturated carbocycles. The average Bonchev–Trinajstić information content (AvgIpc) is 1.98. The molecule has 0 rings (SSSR count). The van der Waals surface area contributed by atoms with Gasteiger partial charge < -0.3 is 10.1 Å². The summed E-state index contributed by atoms with van der Waals surface area (Å²) < 4.78 is 5.04. The normalized spacial score (nSPS) is 14.3. The Kier molecular flexibility index (Phi) is 6.55. The quantitative estimate of drug-likeness (QED) is 0.461. The van der Waals surface area contributed by atoms with Gasteiger partial charge in [0, 0.05) is 20.2 Å². The fourth-order valence-corrected chi connectivity index (χ4v) is 0.571. The van der Waals surface area contributed by atoms with Gasteiger partial charge in [0.25, 0.3) is 0 Å². The zero-order valence-corrected chi connectivity index (χ0v) is 7.05. The molecule has 2 nitrogen and oxygen atoms in total. The van der Waals surface area contributed by atoms with Crippen LogP contribution in [-0.2, 0) is 4.74 Å². The summed E-state index contributed by atoms with van der Waals surface area (Å²) in [6.45, 7) is 5.91. The van der Waals surface area contributed by atoms with Crippen LogP contribution in [0.25, 0.3) is 0 Å². The van der Waals surface area contributed by atoms with E-state index in [2.05, 4.69) is 11.4 Å². The lowest BCUT2D eigenvalue weighted by Crippen LogP contribution is -2.25. The van der Waals surface area contributed by atoms with Crippen LogP contribution in [-0.4, -0.2) is 26.3 Å². The van der Waals surface area contributed by atoms with Crippen LogP contribution in [0.3, 0.4) is 0 Å². The van der Waals surface area contributed by atoms with E-state index in [0.29, 0.717) is 6.10 Å². The zero-order valence-electron chi connectivity index (χ0n) is 7.05. The van der Waals surface area contributed by atoms with E-state index < -0.39 is 0 Å². The molecule has 0 aliphatic carbocycles. The highest BCUT2D eigenvalue weighted by molar-refractivity contribution is 4.79. The molecule has 0 bridgehead atoms. The van der Waals surface area contributed by atoms with Crippen LogP contribution in [0.1, 0.15) is 13.8 Å². The summed E-state index contributed by atoms with van der Waals surface area (Å²) in [7, 11) is 1.72. The monoisotopic (exact) mass is 143 g/mol. The van der Waals surface area contributed by atoms with Crippen LogP contribution in [0.5, 0.6) is 0 Å². The standard InChI is InChI=1S/C8H17NO/c1-4-5-6-9-7-8(2)10-3/h4-5,8-9H,6-7H2,1-3H3/b5-4+. The number of hydrogen-bond donors (Lipinski definition) is 1. The lowest BCUT2D eigenvalue weighted by molar-refractivity contribution is 0.118. The van der Waals surface area contributed by atoms with E-state index in [-0.39, 0.29) is 0 Å². The number of hydrogen-bond acceptors (Lipinski definition) is 2. The van der Waals surface area contributed by atoms with E-state index in [9.17, 15) is 0 Å². The predicted octanol–water partition coefficient (Wildman–Crippen LogP) is 1.19. The first-order valence-corrected chi connectivity index (χ1v) is 3.66. The first-order chi connectivity index (χ1) is 4.81. The maximum atomic E-state index is 5.04. The van der Waals surface area contributed by atoms with Crippen molar-refractivity contribution in [1.82, 2.24) is 5.32 Å². The number of ether oxygens (including phenoxy) is 1. The van der Waals surface area contributed by atoms with Crippen molar-refractivity contribution in [2.24, 2.45) is 0 Å². The highest BCUT2D eigenvalue weighted by atomic mass is 16.5. The molecule has 0 heterocycles. The molecule has 60 valence electrons. The van der Waals surface area contributed by atoms with Gasteiger partial charge in [-0.3, -0.25) is 0 Å². The molecule has 0 aromatic carbocycles. The molecule has 2 heteroatoms. The van der Waals surface area contributed by atoms with Crippen LogP contribution in [0.15, 0.2) is 12.2 Å². The third-order valence-corrected chi connectivity index (χ3v) is 1.33. The summed E-state index contributed by atoms with van der Waals surface area (Å²) in [5.74, 6) is 0. The summed E-state index contributed by atoms with van der Waals surface area (Å²) in [5.41, 5.74) is 0. The minimum absolute atomic E-state index is 0.310. The lowest BCUT2D eigenvalue weighted by atomic mass is 10.4. The molecule has 0 spiro atoms.